The van der Waals surface area contributed by atoms with Gasteiger partial charge < -0.3 is 19.4 Å². The highest BCUT2D eigenvalue weighted by molar-refractivity contribution is 6.36. The first kappa shape index (κ1) is 30.1. The van der Waals surface area contributed by atoms with E-state index < -0.39 is 11.6 Å². The number of anilines is 1. The second-order valence-electron chi connectivity index (χ2n) is 11.7. The van der Waals surface area contributed by atoms with Crippen molar-refractivity contribution in [2.75, 3.05) is 51.3 Å². The molecule has 8 nitrogen and oxygen atoms in total. The van der Waals surface area contributed by atoms with Gasteiger partial charge in [-0.15, -0.1) is 0 Å². The van der Waals surface area contributed by atoms with E-state index in [0.717, 1.165) is 18.4 Å². The van der Waals surface area contributed by atoms with Gasteiger partial charge in [0.1, 0.15) is 17.0 Å². The number of likely N-dealkylation sites (tertiary alicyclic amines) is 1. The van der Waals surface area contributed by atoms with Crippen LogP contribution in [0.25, 0.3) is 32.9 Å². The Morgan fingerprint density at radius 1 is 1.14 bits per heavy atom. The van der Waals surface area contributed by atoms with Gasteiger partial charge in [0.05, 0.1) is 12.0 Å². The Morgan fingerprint density at radius 3 is 2.59 bits per heavy atom. The van der Waals surface area contributed by atoms with E-state index >= 15 is 4.39 Å². The molecule has 11 heteroatoms. The predicted molar refractivity (Wildman–Crippen MR) is 172 cm³/mol. The van der Waals surface area contributed by atoms with Crippen molar-refractivity contribution >= 4 is 44.9 Å². The highest BCUT2D eigenvalue weighted by Crippen LogP contribution is 2.37. The molecule has 44 heavy (non-hydrogen) atoms. The second-order valence-corrected chi connectivity index (χ2v) is 12.1. The lowest BCUT2D eigenvalue weighted by Gasteiger charge is -2.36. The van der Waals surface area contributed by atoms with Crippen LogP contribution in [0.4, 0.5) is 14.6 Å². The van der Waals surface area contributed by atoms with E-state index in [4.69, 9.17) is 26.7 Å². The van der Waals surface area contributed by atoms with Gasteiger partial charge in [-0.05, 0) is 50.2 Å². The fourth-order valence-corrected chi connectivity index (χ4v) is 6.79. The van der Waals surface area contributed by atoms with Crippen molar-refractivity contribution < 1.29 is 13.5 Å². The third kappa shape index (κ3) is 5.80. The maximum Gasteiger partial charge on any atom is 0.319 e. The Labute approximate surface area is 260 Å². The number of aromatic nitrogens is 3. The highest BCUT2D eigenvalue weighted by atomic mass is 35.5. The predicted octanol–water partition coefficient (Wildman–Crippen LogP) is 6.72. The van der Waals surface area contributed by atoms with Crippen molar-refractivity contribution in [1.82, 2.24) is 24.8 Å². The topological polar surface area (TPSA) is 81.5 Å². The average Bonchev–Trinajstić information content (AvgIpc) is 3.46. The number of nitrogens with one attached hydrogen (secondary N) is 1. The molecule has 230 valence electrons. The second kappa shape index (κ2) is 12.6. The van der Waals surface area contributed by atoms with Crippen LogP contribution in [0, 0.1) is 17.1 Å². The molecule has 2 unspecified atom stereocenters. The van der Waals surface area contributed by atoms with E-state index in [2.05, 4.69) is 35.4 Å². The lowest BCUT2D eigenvalue weighted by molar-refractivity contribution is 0.194. The quantitative estimate of drug-likeness (QED) is 0.173. The van der Waals surface area contributed by atoms with Crippen LogP contribution < -0.4 is 9.64 Å². The minimum absolute atomic E-state index is 0.0961. The van der Waals surface area contributed by atoms with Crippen molar-refractivity contribution in [3.05, 3.63) is 65.8 Å². The van der Waals surface area contributed by atoms with Gasteiger partial charge in [0, 0.05) is 54.4 Å². The summed E-state index contributed by atoms with van der Waals surface area (Å²) in [6, 6.07) is 11.8. The third-order valence-corrected chi connectivity index (χ3v) is 9.26. The van der Waals surface area contributed by atoms with Gasteiger partial charge in [-0.1, -0.05) is 55.4 Å². The molecule has 4 heterocycles. The Morgan fingerprint density at radius 2 is 1.89 bits per heavy atom. The van der Waals surface area contributed by atoms with E-state index in [-0.39, 0.29) is 23.1 Å². The van der Waals surface area contributed by atoms with Crippen molar-refractivity contribution in [3.8, 4) is 17.3 Å². The standard InChI is InChI=1S/C33H36ClF2N7O/c1-20(26-11-6-13-41(26)3)12-18-44-33-39-30-24(32(40-33)43-16-14-42(15-17-43)31(37)21(2)35)19-38-29(28(30)36)23-9-4-7-22-8-5-10-25(34)27(22)23/h4-5,7-10,19-20,26,37H,2,6,11-18H2,1,3H3. The van der Waals surface area contributed by atoms with Crippen LogP contribution in [0.2, 0.25) is 5.02 Å². The number of amidine groups is 1. The summed E-state index contributed by atoms with van der Waals surface area (Å²) in [7, 11) is 2.16. The number of halogens is 3. The molecule has 2 aromatic carbocycles. The summed E-state index contributed by atoms with van der Waals surface area (Å²) in [6.07, 6.45) is 4.79. The number of piperazine rings is 1. The average molecular weight is 620 g/mol. The van der Waals surface area contributed by atoms with Crippen LogP contribution in [0.3, 0.4) is 0 Å². The molecule has 4 aromatic rings. The summed E-state index contributed by atoms with van der Waals surface area (Å²) in [4.78, 5) is 19.9. The first-order valence-electron chi connectivity index (χ1n) is 15.0. The van der Waals surface area contributed by atoms with Crippen LogP contribution in [0.5, 0.6) is 6.01 Å². The lowest BCUT2D eigenvalue weighted by atomic mass is 9.97. The molecule has 2 aliphatic heterocycles. The summed E-state index contributed by atoms with van der Waals surface area (Å²) in [5, 5.41) is 10.5. The maximum absolute atomic E-state index is 16.5. The highest BCUT2D eigenvalue weighted by Gasteiger charge is 2.28. The number of ether oxygens (including phenoxy) is 1. The van der Waals surface area contributed by atoms with Crippen molar-refractivity contribution in [2.24, 2.45) is 5.92 Å². The van der Waals surface area contributed by atoms with Gasteiger partial charge in [-0.2, -0.15) is 9.97 Å². The number of pyridine rings is 1. The summed E-state index contributed by atoms with van der Waals surface area (Å²) < 4.78 is 36.3. The van der Waals surface area contributed by atoms with Crippen LogP contribution in [0.15, 0.2) is 55.0 Å². The molecule has 0 radical (unpaired) electrons. The largest absolute Gasteiger partial charge is 0.463 e. The van der Waals surface area contributed by atoms with Crippen LogP contribution in [-0.2, 0) is 0 Å². The zero-order valence-corrected chi connectivity index (χ0v) is 25.7. The van der Waals surface area contributed by atoms with Gasteiger partial charge >= 0.3 is 6.01 Å². The summed E-state index contributed by atoms with van der Waals surface area (Å²) >= 11 is 6.57. The Kier molecular flexibility index (Phi) is 8.64. The maximum atomic E-state index is 16.5. The zero-order valence-electron chi connectivity index (χ0n) is 25.0. The molecular weight excluding hydrogens is 584 g/mol. The van der Waals surface area contributed by atoms with Crippen LogP contribution in [-0.4, -0.2) is 83.0 Å². The van der Waals surface area contributed by atoms with Crippen LogP contribution in [0.1, 0.15) is 26.2 Å². The molecule has 0 amide bonds. The summed E-state index contributed by atoms with van der Waals surface area (Å²) in [5.41, 5.74) is 0.822. The monoisotopic (exact) mass is 619 g/mol. The normalized spacial score (nSPS) is 18.2. The van der Waals surface area contributed by atoms with E-state index in [1.807, 2.05) is 29.2 Å². The van der Waals surface area contributed by atoms with Gasteiger partial charge in [-0.3, -0.25) is 10.4 Å². The van der Waals surface area contributed by atoms with Gasteiger partial charge in [0.15, 0.2) is 17.5 Å². The molecule has 2 saturated heterocycles. The van der Waals surface area contributed by atoms with E-state index in [9.17, 15) is 4.39 Å². The Bertz CT molecular complexity index is 1720. The van der Waals surface area contributed by atoms with E-state index in [0.29, 0.717) is 71.9 Å². The van der Waals surface area contributed by atoms with E-state index in [1.54, 1.807) is 23.2 Å². The fraction of sp³-hybridized carbons (Fsp3) is 0.394. The van der Waals surface area contributed by atoms with Gasteiger partial charge in [0.25, 0.3) is 0 Å². The lowest BCUT2D eigenvalue weighted by Crippen LogP contribution is -2.49. The molecule has 1 N–H and O–H groups in total. The number of fused-ring (bicyclic) bond motifs is 2. The molecule has 0 spiro atoms. The van der Waals surface area contributed by atoms with Crippen molar-refractivity contribution in [1.29, 1.82) is 5.41 Å². The number of hydrogen-bond acceptors (Lipinski definition) is 7. The fourth-order valence-electron chi connectivity index (χ4n) is 6.50. The molecule has 0 saturated carbocycles. The smallest absolute Gasteiger partial charge is 0.319 e. The molecule has 0 bridgehead atoms. The first-order valence-corrected chi connectivity index (χ1v) is 15.4. The number of rotatable bonds is 8. The molecule has 2 aromatic heterocycles. The number of hydrogen-bond donors (Lipinski definition) is 1. The zero-order chi connectivity index (χ0) is 31.0. The molecule has 6 rings (SSSR count). The molecule has 2 fully saturated rings. The number of nitrogens with zero attached hydrogens (tertiary/aromatic N) is 6. The summed E-state index contributed by atoms with van der Waals surface area (Å²) in [6.45, 7) is 8.65. The molecule has 2 atom stereocenters. The Hall–Kier alpha value is -3.89. The minimum Gasteiger partial charge on any atom is -0.463 e. The third-order valence-electron chi connectivity index (χ3n) is 8.94. The Balaban J connectivity index is 1.36. The molecule has 0 aliphatic carbocycles. The van der Waals surface area contributed by atoms with Gasteiger partial charge in [0.2, 0.25) is 0 Å². The minimum atomic E-state index is -0.771. The van der Waals surface area contributed by atoms with Crippen LogP contribution >= 0.6 is 11.6 Å². The summed E-state index contributed by atoms with van der Waals surface area (Å²) in [5.74, 6) is -0.660. The van der Waals surface area contributed by atoms with Gasteiger partial charge in [-0.25, -0.2) is 8.78 Å². The molecular formula is C33H36ClF2N7O. The molecule has 2 aliphatic rings. The van der Waals surface area contributed by atoms with Crippen molar-refractivity contribution in [2.45, 2.75) is 32.2 Å². The van der Waals surface area contributed by atoms with E-state index in [1.165, 1.54) is 12.8 Å². The van der Waals surface area contributed by atoms with Crippen molar-refractivity contribution in [3.63, 3.8) is 0 Å². The first-order chi connectivity index (χ1) is 21.2. The number of benzene rings is 2. The SMILES string of the molecule is C=C(F)C(=N)N1CCN(c2nc(OCCC(C)C3CCCN3C)nc3c(F)c(-c4cccc5cccc(Cl)c45)ncc23)CC1.